The number of halogens is 1. The average Bonchev–Trinajstić information content (AvgIpc) is 3.16. The van der Waals surface area contributed by atoms with Gasteiger partial charge in [-0.05, 0) is 42.3 Å². The Kier molecular flexibility index (Phi) is 4.46. The van der Waals surface area contributed by atoms with Crippen molar-refractivity contribution in [3.63, 3.8) is 0 Å². The van der Waals surface area contributed by atoms with Crippen molar-refractivity contribution in [2.75, 3.05) is 13.1 Å². The number of H-pyrrole nitrogens is 1. The number of benzene rings is 1. The molecule has 3 aromatic rings. The number of aromatic nitrogens is 3. The lowest BCUT2D eigenvalue weighted by Gasteiger charge is -2.15. The van der Waals surface area contributed by atoms with Crippen LogP contribution >= 0.6 is 0 Å². The number of hydrogen-bond acceptors (Lipinski definition) is 4. The fourth-order valence-electron chi connectivity index (χ4n) is 3.27. The lowest BCUT2D eigenvalue weighted by molar-refractivity contribution is 0.00863. The van der Waals surface area contributed by atoms with Gasteiger partial charge < -0.3 is 9.72 Å². The minimum Gasteiger partial charge on any atom is -0.366 e. The number of hydrogen-bond donors (Lipinski definition) is 1. The van der Waals surface area contributed by atoms with Gasteiger partial charge in [0.25, 0.3) is 0 Å². The molecule has 0 aliphatic carbocycles. The van der Waals surface area contributed by atoms with Crippen molar-refractivity contribution in [2.24, 2.45) is 0 Å². The Labute approximate surface area is 145 Å². The predicted octanol–water partition coefficient (Wildman–Crippen LogP) is 3.01. The largest absolute Gasteiger partial charge is 0.366 e. The zero-order chi connectivity index (χ0) is 17.2. The Morgan fingerprint density at radius 3 is 2.92 bits per heavy atom. The summed E-state index contributed by atoms with van der Waals surface area (Å²) in [6.07, 6.45) is 2.12. The van der Waals surface area contributed by atoms with Gasteiger partial charge in [-0.2, -0.15) is 0 Å². The van der Waals surface area contributed by atoms with Crippen LogP contribution < -0.4 is 0 Å². The van der Waals surface area contributed by atoms with Gasteiger partial charge in [-0.25, -0.2) is 9.37 Å². The number of ether oxygens (including phenoxy) is 1. The molecule has 4 rings (SSSR count). The molecule has 0 unspecified atom stereocenters. The van der Waals surface area contributed by atoms with Crippen LogP contribution in [0.25, 0.3) is 11.0 Å². The number of imidazole rings is 1. The molecule has 2 atom stereocenters. The topological polar surface area (TPSA) is 54.0 Å². The van der Waals surface area contributed by atoms with Gasteiger partial charge in [0.15, 0.2) is 0 Å². The van der Waals surface area contributed by atoms with Crippen LogP contribution in [-0.2, 0) is 17.9 Å². The van der Waals surface area contributed by atoms with Gasteiger partial charge in [-0.3, -0.25) is 9.88 Å². The van der Waals surface area contributed by atoms with E-state index in [1.807, 2.05) is 31.2 Å². The van der Waals surface area contributed by atoms with Gasteiger partial charge in [0, 0.05) is 32.0 Å². The molecule has 25 heavy (non-hydrogen) atoms. The monoisotopic (exact) mass is 340 g/mol. The summed E-state index contributed by atoms with van der Waals surface area (Å²) >= 11 is 0. The molecule has 2 aromatic heterocycles. The summed E-state index contributed by atoms with van der Waals surface area (Å²) in [5.41, 5.74) is 4.21. The summed E-state index contributed by atoms with van der Waals surface area (Å²) < 4.78 is 20.1. The molecule has 1 aliphatic rings. The highest BCUT2D eigenvalue weighted by Crippen LogP contribution is 2.21. The second-order valence-electron chi connectivity index (χ2n) is 6.62. The molecule has 0 saturated carbocycles. The van der Waals surface area contributed by atoms with Crippen LogP contribution in [0.1, 0.15) is 17.0 Å². The third kappa shape index (κ3) is 3.70. The van der Waals surface area contributed by atoms with Crippen molar-refractivity contribution in [1.82, 2.24) is 19.9 Å². The van der Waals surface area contributed by atoms with Crippen molar-refractivity contribution < 1.29 is 9.13 Å². The highest BCUT2D eigenvalue weighted by Gasteiger charge is 2.33. The average molecular weight is 340 g/mol. The summed E-state index contributed by atoms with van der Waals surface area (Å²) in [5, 5.41) is 0. The van der Waals surface area contributed by atoms with Crippen LogP contribution in [0.5, 0.6) is 0 Å². The molecule has 1 aromatic carbocycles. The molecule has 0 spiro atoms. The van der Waals surface area contributed by atoms with E-state index in [4.69, 9.17) is 4.74 Å². The zero-order valence-corrected chi connectivity index (χ0v) is 14.2. The first-order valence-electron chi connectivity index (χ1n) is 8.49. The molecule has 3 heterocycles. The first-order valence-corrected chi connectivity index (χ1v) is 8.49. The molecular formula is C19H21FN4O. The Morgan fingerprint density at radius 2 is 2.08 bits per heavy atom. The Morgan fingerprint density at radius 1 is 1.24 bits per heavy atom. The Hall–Kier alpha value is -2.31. The highest BCUT2D eigenvalue weighted by atomic mass is 19.1. The smallest absolute Gasteiger partial charge is 0.140 e. The predicted molar refractivity (Wildman–Crippen MR) is 93.8 cm³/mol. The molecule has 0 bridgehead atoms. The van der Waals surface area contributed by atoms with Gasteiger partial charge in [-0.1, -0.05) is 6.07 Å². The van der Waals surface area contributed by atoms with E-state index in [2.05, 4.69) is 25.9 Å². The number of aryl methyl sites for hydroxylation is 1. The number of nitrogens with one attached hydrogen (secondary N) is 1. The molecule has 0 radical (unpaired) electrons. The van der Waals surface area contributed by atoms with Gasteiger partial charge in [-0.15, -0.1) is 0 Å². The standard InChI is InChI=1S/C19H21FN4O/c1-13-2-3-16-17(8-13)23-19(22-16)12-25-18-11-24(10-15(18)20)9-14-4-6-21-7-5-14/h2-8,15,18H,9-12H2,1H3,(H,22,23)/t15-,18+/m1/s1. The number of nitrogens with zero attached hydrogens (tertiary/aromatic N) is 3. The third-order valence-corrected chi connectivity index (χ3v) is 4.55. The van der Waals surface area contributed by atoms with Crippen LogP contribution in [0.3, 0.4) is 0 Å². The molecule has 130 valence electrons. The first kappa shape index (κ1) is 16.2. The molecule has 1 N–H and O–H groups in total. The minimum atomic E-state index is -0.978. The number of alkyl halides is 1. The third-order valence-electron chi connectivity index (χ3n) is 4.55. The molecule has 0 amide bonds. The highest BCUT2D eigenvalue weighted by molar-refractivity contribution is 5.75. The van der Waals surface area contributed by atoms with E-state index in [0.29, 0.717) is 26.2 Å². The normalized spacial score (nSPS) is 21.2. The SMILES string of the molecule is Cc1ccc2nc(CO[C@H]3CN(Cc4ccncc4)C[C@H]3F)[nH]c2c1. The van der Waals surface area contributed by atoms with Crippen LogP contribution in [0, 0.1) is 6.92 Å². The first-order chi connectivity index (χ1) is 12.2. The number of aromatic amines is 1. The van der Waals surface area contributed by atoms with Crippen LogP contribution in [0.4, 0.5) is 4.39 Å². The van der Waals surface area contributed by atoms with Crippen molar-refractivity contribution in [1.29, 1.82) is 0 Å². The minimum absolute atomic E-state index is 0.294. The lowest BCUT2D eigenvalue weighted by Crippen LogP contribution is -2.24. The van der Waals surface area contributed by atoms with Crippen molar-refractivity contribution in [3.8, 4) is 0 Å². The van der Waals surface area contributed by atoms with E-state index in [0.717, 1.165) is 22.4 Å². The van der Waals surface area contributed by atoms with Gasteiger partial charge >= 0.3 is 0 Å². The number of rotatable bonds is 5. The van der Waals surface area contributed by atoms with E-state index in [9.17, 15) is 4.39 Å². The molecule has 5 nitrogen and oxygen atoms in total. The molecule has 1 fully saturated rings. The maximum atomic E-state index is 14.3. The van der Waals surface area contributed by atoms with E-state index < -0.39 is 12.3 Å². The summed E-state index contributed by atoms with van der Waals surface area (Å²) in [4.78, 5) is 13.8. The van der Waals surface area contributed by atoms with Gasteiger partial charge in [0.2, 0.25) is 0 Å². The number of likely N-dealkylation sites (tertiary alicyclic amines) is 1. The summed E-state index contributed by atoms with van der Waals surface area (Å²) in [6.45, 7) is 4.03. The summed E-state index contributed by atoms with van der Waals surface area (Å²) in [6, 6.07) is 9.97. The molecular weight excluding hydrogens is 319 g/mol. The fraction of sp³-hybridized carbons (Fsp3) is 0.368. The maximum Gasteiger partial charge on any atom is 0.140 e. The van der Waals surface area contributed by atoms with E-state index >= 15 is 0 Å². The van der Waals surface area contributed by atoms with Gasteiger partial charge in [0.05, 0.1) is 11.0 Å². The molecule has 1 aliphatic heterocycles. The lowest BCUT2D eigenvalue weighted by atomic mass is 10.2. The number of fused-ring (bicyclic) bond motifs is 1. The van der Waals surface area contributed by atoms with E-state index in [1.54, 1.807) is 12.4 Å². The fourth-order valence-corrected chi connectivity index (χ4v) is 3.27. The second kappa shape index (κ2) is 6.90. The molecule has 6 heteroatoms. The van der Waals surface area contributed by atoms with E-state index in [1.165, 1.54) is 5.56 Å². The van der Waals surface area contributed by atoms with Crippen molar-refractivity contribution >= 4 is 11.0 Å². The Bertz CT molecular complexity index is 851. The molecule has 1 saturated heterocycles. The Balaban J connectivity index is 1.35. The quantitative estimate of drug-likeness (QED) is 0.776. The van der Waals surface area contributed by atoms with Crippen molar-refractivity contribution in [3.05, 3.63) is 59.7 Å². The van der Waals surface area contributed by atoms with Crippen LogP contribution in [0.2, 0.25) is 0 Å². The number of pyridine rings is 1. The van der Waals surface area contributed by atoms with Crippen molar-refractivity contribution in [2.45, 2.75) is 32.4 Å². The summed E-state index contributed by atoms with van der Waals surface area (Å²) in [5.74, 6) is 0.736. The van der Waals surface area contributed by atoms with Crippen LogP contribution in [-0.4, -0.2) is 45.2 Å². The van der Waals surface area contributed by atoms with E-state index in [-0.39, 0.29) is 0 Å². The van der Waals surface area contributed by atoms with Crippen LogP contribution in [0.15, 0.2) is 42.7 Å². The maximum absolute atomic E-state index is 14.3. The zero-order valence-electron chi connectivity index (χ0n) is 14.2. The second-order valence-corrected chi connectivity index (χ2v) is 6.62. The summed E-state index contributed by atoms with van der Waals surface area (Å²) in [7, 11) is 0. The van der Waals surface area contributed by atoms with Gasteiger partial charge in [0.1, 0.15) is 24.7 Å².